The lowest BCUT2D eigenvalue weighted by Gasteiger charge is -2.41. The van der Waals surface area contributed by atoms with Gasteiger partial charge < -0.3 is 69.7 Å². The summed E-state index contributed by atoms with van der Waals surface area (Å²) in [7, 11) is 1.29. The van der Waals surface area contributed by atoms with E-state index in [1.54, 1.807) is 0 Å². The number of hydrogen-bond acceptors (Lipinski definition) is 15. The van der Waals surface area contributed by atoms with Crippen LogP contribution in [0.25, 0.3) is 22.3 Å². The molecule has 15 heteroatoms. The summed E-state index contributed by atoms with van der Waals surface area (Å²) in [5, 5.41) is 104. The highest BCUT2D eigenvalue weighted by atomic mass is 16.5. The summed E-state index contributed by atoms with van der Waals surface area (Å²) >= 11 is 0. The second-order valence-corrected chi connectivity index (χ2v) is 10.1. The average Bonchev–Trinajstić information content (AvgIpc) is 2.96. The summed E-state index contributed by atoms with van der Waals surface area (Å²) < 4.78 is 22.1. The lowest BCUT2D eigenvalue weighted by Crippen LogP contribution is -2.55. The summed E-state index contributed by atoms with van der Waals surface area (Å²) in [6.07, 6.45) is -15.9. The molecule has 0 spiro atoms. The van der Waals surface area contributed by atoms with Crippen molar-refractivity contribution in [3.8, 4) is 34.3 Å². The van der Waals surface area contributed by atoms with Gasteiger partial charge in [0.15, 0.2) is 22.5 Å². The van der Waals surface area contributed by atoms with E-state index in [9.17, 15) is 55.9 Å². The number of benzene rings is 2. The van der Waals surface area contributed by atoms with Crippen molar-refractivity contribution in [1.82, 2.24) is 0 Å². The highest BCUT2D eigenvalue weighted by Crippen LogP contribution is 2.50. The maximum absolute atomic E-state index is 13.5. The molecular formula is C27H30O15. The lowest BCUT2D eigenvalue weighted by atomic mass is 9.85. The van der Waals surface area contributed by atoms with E-state index < -0.39 is 107 Å². The monoisotopic (exact) mass is 594 g/mol. The molecule has 228 valence electrons. The number of aliphatic hydroxyl groups is 7. The molecule has 2 saturated heterocycles. The first-order chi connectivity index (χ1) is 19.9. The zero-order valence-electron chi connectivity index (χ0n) is 21.9. The minimum Gasteiger partial charge on any atom is -0.507 e. The van der Waals surface area contributed by atoms with Crippen molar-refractivity contribution < 1.29 is 69.7 Å². The number of ether oxygens (including phenoxy) is 3. The van der Waals surface area contributed by atoms with Crippen LogP contribution in [0.15, 0.2) is 33.5 Å². The molecule has 0 saturated carbocycles. The molecule has 2 aromatic carbocycles. The van der Waals surface area contributed by atoms with Gasteiger partial charge >= 0.3 is 0 Å². The van der Waals surface area contributed by atoms with Crippen LogP contribution in [0, 0.1) is 0 Å². The number of methoxy groups -OCH3 is 1. The molecule has 3 heterocycles. The Morgan fingerprint density at radius 1 is 0.857 bits per heavy atom. The molecule has 0 aliphatic carbocycles. The van der Waals surface area contributed by atoms with Crippen LogP contribution in [0.1, 0.15) is 23.3 Å². The molecule has 10 N–H and O–H groups in total. The molecule has 0 radical (unpaired) electrons. The first-order valence-corrected chi connectivity index (χ1v) is 12.8. The van der Waals surface area contributed by atoms with Crippen molar-refractivity contribution in [2.24, 2.45) is 0 Å². The van der Waals surface area contributed by atoms with Crippen LogP contribution < -0.4 is 10.2 Å². The van der Waals surface area contributed by atoms with Crippen molar-refractivity contribution in [2.45, 2.75) is 54.9 Å². The SMILES string of the molecule is COc1cc(-c2cc(=O)c3c(O)c([C@@H]4OC[C@@H](O)[C@H](O)C4O)c(O)c([C@@H]4OC(CO)[C@@H](O)[C@H](O)C4O)c3o2)ccc1O. The first kappa shape index (κ1) is 30.0. The van der Waals surface area contributed by atoms with E-state index in [2.05, 4.69) is 0 Å². The Kier molecular flexibility index (Phi) is 8.06. The van der Waals surface area contributed by atoms with Crippen molar-refractivity contribution in [3.05, 3.63) is 45.6 Å². The molecule has 3 aromatic rings. The summed E-state index contributed by atoms with van der Waals surface area (Å²) in [5.41, 5.74) is -2.39. The molecule has 3 unspecified atom stereocenters. The summed E-state index contributed by atoms with van der Waals surface area (Å²) in [6, 6.07) is 4.95. The van der Waals surface area contributed by atoms with Gasteiger partial charge in [0.05, 0.1) is 31.5 Å². The minimum atomic E-state index is -1.98. The van der Waals surface area contributed by atoms with E-state index in [1.807, 2.05) is 0 Å². The maximum Gasteiger partial charge on any atom is 0.197 e. The average molecular weight is 595 g/mol. The Labute approximate surface area is 236 Å². The van der Waals surface area contributed by atoms with Crippen LogP contribution in [-0.2, 0) is 9.47 Å². The maximum atomic E-state index is 13.5. The second kappa shape index (κ2) is 11.3. The van der Waals surface area contributed by atoms with E-state index in [0.717, 1.165) is 6.07 Å². The number of rotatable bonds is 5. The van der Waals surface area contributed by atoms with E-state index in [0.29, 0.717) is 0 Å². The summed E-state index contributed by atoms with van der Waals surface area (Å²) in [5.74, 6) is -2.22. The number of hydrogen-bond donors (Lipinski definition) is 10. The van der Waals surface area contributed by atoms with Crippen LogP contribution in [0.5, 0.6) is 23.0 Å². The molecule has 15 nitrogen and oxygen atoms in total. The molecule has 1 aromatic heterocycles. The zero-order valence-corrected chi connectivity index (χ0v) is 21.9. The fourth-order valence-corrected chi connectivity index (χ4v) is 5.31. The van der Waals surface area contributed by atoms with Crippen molar-refractivity contribution in [3.63, 3.8) is 0 Å². The van der Waals surface area contributed by atoms with Crippen molar-refractivity contribution in [2.75, 3.05) is 20.3 Å². The Hall–Kier alpha value is -3.51. The van der Waals surface area contributed by atoms with Crippen LogP contribution in [0.2, 0.25) is 0 Å². The topological polar surface area (TPSA) is 260 Å². The fourth-order valence-electron chi connectivity index (χ4n) is 5.31. The second-order valence-electron chi connectivity index (χ2n) is 10.1. The summed E-state index contributed by atoms with van der Waals surface area (Å²) in [4.78, 5) is 13.5. The Balaban J connectivity index is 1.82. The molecule has 0 bridgehead atoms. The van der Waals surface area contributed by atoms with Gasteiger partial charge in [-0.1, -0.05) is 0 Å². The molecule has 0 amide bonds. The first-order valence-electron chi connectivity index (χ1n) is 12.8. The predicted molar refractivity (Wildman–Crippen MR) is 139 cm³/mol. The van der Waals surface area contributed by atoms with Gasteiger partial charge in [-0.3, -0.25) is 4.79 Å². The summed E-state index contributed by atoms with van der Waals surface area (Å²) in [6.45, 7) is -1.37. The van der Waals surface area contributed by atoms with Gasteiger partial charge in [-0.15, -0.1) is 0 Å². The van der Waals surface area contributed by atoms with Gasteiger partial charge in [-0.05, 0) is 18.2 Å². The molecule has 2 aliphatic heterocycles. The third kappa shape index (κ3) is 4.74. The van der Waals surface area contributed by atoms with E-state index in [-0.39, 0.29) is 22.8 Å². The smallest absolute Gasteiger partial charge is 0.197 e. The van der Waals surface area contributed by atoms with Crippen LogP contribution in [0.4, 0.5) is 0 Å². The van der Waals surface area contributed by atoms with Crippen molar-refractivity contribution >= 4 is 11.0 Å². The van der Waals surface area contributed by atoms with Gasteiger partial charge in [-0.25, -0.2) is 0 Å². The highest BCUT2D eigenvalue weighted by molar-refractivity contribution is 5.92. The largest absolute Gasteiger partial charge is 0.507 e. The molecule has 9 atom stereocenters. The van der Waals surface area contributed by atoms with Crippen LogP contribution in [-0.4, -0.2) is 114 Å². The molecule has 2 fully saturated rings. The Morgan fingerprint density at radius 2 is 1.55 bits per heavy atom. The molecule has 42 heavy (non-hydrogen) atoms. The van der Waals surface area contributed by atoms with E-state index >= 15 is 0 Å². The van der Waals surface area contributed by atoms with E-state index in [4.69, 9.17) is 18.6 Å². The molecule has 5 rings (SSSR count). The predicted octanol–water partition coefficient (Wildman–Crippen LogP) is -1.75. The fraction of sp³-hybridized carbons (Fsp3) is 0.444. The normalized spacial score (nSPS) is 31.8. The van der Waals surface area contributed by atoms with Crippen LogP contribution in [0.3, 0.4) is 0 Å². The van der Waals surface area contributed by atoms with Gasteiger partial charge in [0.2, 0.25) is 0 Å². The van der Waals surface area contributed by atoms with E-state index in [1.165, 1.54) is 25.3 Å². The molecule has 2 aliphatic rings. The Morgan fingerprint density at radius 3 is 2.21 bits per heavy atom. The molecular weight excluding hydrogens is 564 g/mol. The third-order valence-corrected chi connectivity index (χ3v) is 7.62. The quantitative estimate of drug-likeness (QED) is 0.157. The van der Waals surface area contributed by atoms with Crippen LogP contribution >= 0.6 is 0 Å². The number of phenols is 3. The minimum absolute atomic E-state index is 0.0228. The van der Waals surface area contributed by atoms with Gasteiger partial charge in [0.1, 0.15) is 77.6 Å². The van der Waals surface area contributed by atoms with Crippen molar-refractivity contribution in [1.29, 1.82) is 0 Å². The van der Waals surface area contributed by atoms with Gasteiger partial charge in [-0.2, -0.15) is 0 Å². The van der Waals surface area contributed by atoms with Gasteiger partial charge in [0, 0.05) is 11.6 Å². The zero-order chi connectivity index (χ0) is 30.6. The number of fused-ring (bicyclic) bond motifs is 1. The highest BCUT2D eigenvalue weighted by Gasteiger charge is 2.48. The van der Waals surface area contributed by atoms with Gasteiger partial charge in [0.25, 0.3) is 0 Å². The number of aliphatic hydroxyl groups excluding tert-OH is 7. The number of aromatic hydroxyl groups is 3. The third-order valence-electron chi connectivity index (χ3n) is 7.62. The lowest BCUT2D eigenvalue weighted by molar-refractivity contribution is -0.231. The Bertz CT molecular complexity index is 1530. The standard InChI is InChI=1S/C27H30O15/c1-39-13-4-8(2-3-9(13)29)12-5-10(30)15-20(34)16(26-23(37)18(32)11(31)7-40-26)21(35)17(25(15)41-12)27-24(38)22(36)19(33)14(6-28)42-27/h2-5,11,14,18-19,22-24,26-29,31-38H,6-7H2,1H3/t11-,14?,18+,19-,22+,23?,24?,26+,27+/m1/s1. The number of phenolic OH excluding ortho intramolecular Hbond substituents is 3.